The van der Waals surface area contributed by atoms with Crippen molar-refractivity contribution in [2.24, 2.45) is 0 Å². The number of rotatable bonds is 6. The van der Waals surface area contributed by atoms with Crippen LogP contribution < -0.4 is 0 Å². The average molecular weight is 389 g/mol. The second-order valence-corrected chi connectivity index (χ2v) is 7.13. The maximum absolute atomic E-state index is 5.99. The molecule has 1 fully saturated rings. The van der Waals surface area contributed by atoms with Crippen LogP contribution in [0.3, 0.4) is 0 Å². The van der Waals surface area contributed by atoms with E-state index in [4.69, 9.17) is 14.2 Å². The highest BCUT2D eigenvalue weighted by Crippen LogP contribution is 2.46. The van der Waals surface area contributed by atoms with Gasteiger partial charge in [-0.25, -0.2) is 4.90 Å². The Morgan fingerprint density at radius 1 is 0.724 bits per heavy atom. The van der Waals surface area contributed by atoms with Crippen molar-refractivity contribution in [1.82, 2.24) is 4.90 Å². The lowest BCUT2D eigenvalue weighted by atomic mass is 9.75. The van der Waals surface area contributed by atoms with Crippen molar-refractivity contribution in [2.45, 2.75) is 11.4 Å². The van der Waals surface area contributed by atoms with Crippen molar-refractivity contribution in [1.29, 1.82) is 0 Å². The fourth-order valence-electron chi connectivity index (χ4n) is 4.46. The van der Waals surface area contributed by atoms with E-state index in [9.17, 15) is 0 Å². The summed E-state index contributed by atoms with van der Waals surface area (Å²) in [5.41, 5.74) is 2.84. The van der Waals surface area contributed by atoms with Crippen LogP contribution in [0.1, 0.15) is 16.7 Å². The van der Waals surface area contributed by atoms with Crippen LogP contribution in [-0.4, -0.2) is 44.8 Å². The summed E-state index contributed by atoms with van der Waals surface area (Å²) in [6.07, 6.45) is 0. The lowest BCUT2D eigenvalue weighted by molar-refractivity contribution is -0.350. The van der Waals surface area contributed by atoms with Crippen molar-refractivity contribution in [3.63, 3.8) is 0 Å². The molecule has 0 aliphatic carbocycles. The molecule has 0 atom stereocenters. The first kappa shape index (κ1) is 19.8. The zero-order valence-electron chi connectivity index (χ0n) is 17.0. The van der Waals surface area contributed by atoms with Crippen molar-refractivity contribution in [2.75, 3.05) is 34.0 Å². The molecule has 0 unspecified atom stereocenters. The van der Waals surface area contributed by atoms with Gasteiger partial charge in [-0.2, -0.15) is 0 Å². The molecule has 0 saturated carbocycles. The fraction of sp³-hybridized carbons (Fsp3) is 0.280. The van der Waals surface area contributed by atoms with E-state index < -0.39 is 11.4 Å². The minimum atomic E-state index is -1.01. The molecule has 0 spiro atoms. The minimum Gasteiger partial charge on any atom is -0.373 e. The summed E-state index contributed by atoms with van der Waals surface area (Å²) in [5, 5.41) is 0. The Hall–Kier alpha value is -2.50. The van der Waals surface area contributed by atoms with Crippen LogP contribution in [0.4, 0.5) is 0 Å². The molecule has 29 heavy (non-hydrogen) atoms. The highest BCUT2D eigenvalue weighted by atomic mass is 16.7. The van der Waals surface area contributed by atoms with E-state index >= 15 is 0 Å². The summed E-state index contributed by atoms with van der Waals surface area (Å²) in [4.78, 5) is 2.30. The molecule has 3 aromatic rings. The molecule has 1 aliphatic rings. The van der Waals surface area contributed by atoms with Gasteiger partial charge in [0.1, 0.15) is 12.1 Å². The zero-order chi connectivity index (χ0) is 20.2. The van der Waals surface area contributed by atoms with Gasteiger partial charge < -0.3 is 14.2 Å². The summed E-state index contributed by atoms with van der Waals surface area (Å²) in [7, 11) is 3.36. The third kappa shape index (κ3) is 3.28. The SMILES string of the molecule is COC1(OC)COCCN1C(c1ccccc1)(c1ccccc1)c1ccccc1. The maximum atomic E-state index is 5.99. The second-order valence-electron chi connectivity index (χ2n) is 7.13. The summed E-state index contributed by atoms with van der Waals surface area (Å²) in [6, 6.07) is 31.7. The Morgan fingerprint density at radius 3 is 1.52 bits per heavy atom. The molecule has 4 heteroatoms. The van der Waals surface area contributed by atoms with Crippen LogP contribution >= 0.6 is 0 Å². The van der Waals surface area contributed by atoms with Crippen LogP contribution in [0.25, 0.3) is 0 Å². The van der Waals surface area contributed by atoms with Crippen molar-refractivity contribution in [3.05, 3.63) is 108 Å². The number of methoxy groups -OCH3 is 2. The van der Waals surface area contributed by atoms with Gasteiger partial charge in [0.25, 0.3) is 5.91 Å². The molecule has 150 valence electrons. The Morgan fingerprint density at radius 2 is 1.14 bits per heavy atom. The zero-order valence-corrected chi connectivity index (χ0v) is 17.0. The lowest BCUT2D eigenvalue weighted by Crippen LogP contribution is -2.67. The predicted molar refractivity (Wildman–Crippen MR) is 113 cm³/mol. The normalized spacial score (nSPS) is 17.2. The Labute approximate surface area is 172 Å². The first-order chi connectivity index (χ1) is 14.3. The van der Waals surface area contributed by atoms with E-state index in [1.807, 2.05) is 18.2 Å². The highest BCUT2D eigenvalue weighted by molar-refractivity contribution is 5.50. The molecular formula is C25H27NO3. The minimum absolute atomic E-state index is 0.328. The smallest absolute Gasteiger partial charge is 0.255 e. The van der Waals surface area contributed by atoms with Gasteiger partial charge in [-0.05, 0) is 16.7 Å². The van der Waals surface area contributed by atoms with Crippen LogP contribution in [0, 0.1) is 0 Å². The Kier molecular flexibility index (Phi) is 5.79. The molecular weight excluding hydrogens is 362 g/mol. The topological polar surface area (TPSA) is 30.9 Å². The van der Waals surface area contributed by atoms with E-state index in [0.717, 1.165) is 16.7 Å². The fourth-order valence-corrected chi connectivity index (χ4v) is 4.46. The summed E-state index contributed by atoms with van der Waals surface area (Å²) in [6.45, 7) is 1.58. The molecule has 4 nitrogen and oxygen atoms in total. The van der Waals surface area contributed by atoms with E-state index in [-0.39, 0.29) is 0 Å². The number of nitrogens with zero attached hydrogens (tertiary/aromatic N) is 1. The predicted octanol–water partition coefficient (Wildman–Crippen LogP) is 4.26. The third-order valence-corrected chi connectivity index (χ3v) is 5.77. The van der Waals surface area contributed by atoms with E-state index in [1.165, 1.54) is 0 Å². The largest absolute Gasteiger partial charge is 0.373 e. The summed E-state index contributed by atoms with van der Waals surface area (Å²) < 4.78 is 17.8. The first-order valence-electron chi connectivity index (χ1n) is 9.90. The third-order valence-electron chi connectivity index (χ3n) is 5.77. The number of ether oxygens (including phenoxy) is 3. The van der Waals surface area contributed by atoms with Gasteiger partial charge >= 0.3 is 0 Å². The summed E-state index contributed by atoms with van der Waals surface area (Å²) in [5.74, 6) is -1.01. The monoisotopic (exact) mass is 389 g/mol. The van der Waals surface area contributed by atoms with Gasteiger partial charge in [0, 0.05) is 20.8 Å². The van der Waals surface area contributed by atoms with Crippen LogP contribution in [-0.2, 0) is 19.7 Å². The number of benzene rings is 3. The van der Waals surface area contributed by atoms with Crippen LogP contribution in [0.2, 0.25) is 0 Å². The second kappa shape index (κ2) is 8.47. The molecule has 0 radical (unpaired) electrons. The Balaban J connectivity index is 2.08. The van der Waals surface area contributed by atoms with Crippen LogP contribution in [0.15, 0.2) is 91.0 Å². The molecule has 0 N–H and O–H groups in total. The van der Waals surface area contributed by atoms with E-state index in [2.05, 4.69) is 77.7 Å². The molecule has 1 heterocycles. The van der Waals surface area contributed by atoms with Gasteiger partial charge in [0.05, 0.1) is 6.61 Å². The van der Waals surface area contributed by atoms with Gasteiger partial charge in [0.15, 0.2) is 0 Å². The number of morpholine rings is 1. The first-order valence-corrected chi connectivity index (χ1v) is 9.90. The lowest BCUT2D eigenvalue weighted by Gasteiger charge is -2.54. The van der Waals surface area contributed by atoms with E-state index in [1.54, 1.807) is 14.2 Å². The Bertz CT molecular complexity index is 798. The van der Waals surface area contributed by atoms with Crippen LogP contribution in [0.5, 0.6) is 0 Å². The van der Waals surface area contributed by atoms with Crippen molar-refractivity contribution in [3.8, 4) is 0 Å². The average Bonchev–Trinajstić information content (AvgIpc) is 2.82. The van der Waals surface area contributed by atoms with Gasteiger partial charge in [-0.15, -0.1) is 0 Å². The molecule has 3 aromatic carbocycles. The molecule has 1 aliphatic heterocycles. The molecule has 0 amide bonds. The highest BCUT2D eigenvalue weighted by Gasteiger charge is 2.54. The quantitative estimate of drug-likeness (QED) is 0.466. The van der Waals surface area contributed by atoms with Gasteiger partial charge in [-0.1, -0.05) is 91.0 Å². The van der Waals surface area contributed by atoms with Gasteiger partial charge in [0.2, 0.25) is 0 Å². The standard InChI is InChI=1S/C25H27NO3/c1-27-24(28-2)20-29-19-18-26(24)25(21-12-6-3-7-13-21,22-14-8-4-9-15-22)23-16-10-5-11-17-23/h3-17H,18-20H2,1-2H3. The van der Waals surface area contributed by atoms with Crippen molar-refractivity contribution < 1.29 is 14.2 Å². The molecule has 0 aromatic heterocycles. The molecule has 4 rings (SSSR count). The maximum Gasteiger partial charge on any atom is 0.255 e. The van der Waals surface area contributed by atoms with Gasteiger partial charge in [-0.3, -0.25) is 0 Å². The summed E-state index contributed by atoms with van der Waals surface area (Å²) >= 11 is 0. The molecule has 0 bridgehead atoms. The molecule has 1 saturated heterocycles. The van der Waals surface area contributed by atoms with E-state index in [0.29, 0.717) is 19.8 Å². The van der Waals surface area contributed by atoms with Crippen molar-refractivity contribution >= 4 is 0 Å². The number of hydrogen-bond donors (Lipinski definition) is 0. The number of hydrogen-bond acceptors (Lipinski definition) is 4.